The highest BCUT2D eigenvalue weighted by Crippen LogP contribution is 2.29. The Hall–Kier alpha value is -2.87. The van der Waals surface area contributed by atoms with Crippen molar-refractivity contribution in [2.45, 2.75) is 6.04 Å². The van der Waals surface area contributed by atoms with Gasteiger partial charge in [0.25, 0.3) is 0 Å². The lowest BCUT2D eigenvalue weighted by molar-refractivity contribution is 0.403. The summed E-state index contributed by atoms with van der Waals surface area (Å²) < 4.78 is 5.11. The van der Waals surface area contributed by atoms with Crippen LogP contribution in [0.2, 0.25) is 0 Å². The molecule has 0 aliphatic heterocycles. The quantitative estimate of drug-likeness (QED) is 0.744. The number of anilines is 1. The predicted octanol–water partition coefficient (Wildman–Crippen LogP) is 2.78. The normalized spacial score (nSPS) is 11.4. The summed E-state index contributed by atoms with van der Waals surface area (Å²) in [4.78, 5) is 0. The van der Waals surface area contributed by atoms with Crippen molar-refractivity contribution in [3.63, 3.8) is 0 Å². The Labute approximate surface area is 116 Å². The molecular weight excluding hydrogens is 256 g/mol. The molecule has 0 radical (unpaired) electrons. The first-order valence-corrected chi connectivity index (χ1v) is 5.96. The van der Waals surface area contributed by atoms with Crippen LogP contribution >= 0.6 is 0 Å². The maximum atomic E-state index is 9.49. The summed E-state index contributed by atoms with van der Waals surface area (Å²) in [7, 11) is 1.57. The first kappa shape index (κ1) is 13.6. The van der Waals surface area contributed by atoms with Gasteiger partial charge in [-0.05, 0) is 29.8 Å². The fraction of sp³-hybridized carbons (Fsp3) is 0.133. The van der Waals surface area contributed by atoms with E-state index in [9.17, 15) is 15.5 Å². The summed E-state index contributed by atoms with van der Waals surface area (Å²) >= 11 is 0. The van der Waals surface area contributed by atoms with Crippen molar-refractivity contribution in [1.29, 1.82) is 5.26 Å². The van der Waals surface area contributed by atoms with Crippen LogP contribution in [-0.4, -0.2) is 17.3 Å². The zero-order valence-electron chi connectivity index (χ0n) is 10.9. The van der Waals surface area contributed by atoms with Crippen molar-refractivity contribution in [2.24, 2.45) is 0 Å². The number of aromatic hydroxyl groups is 2. The van der Waals surface area contributed by atoms with Crippen LogP contribution < -0.4 is 10.1 Å². The zero-order chi connectivity index (χ0) is 14.5. The molecule has 1 atom stereocenters. The molecule has 2 aromatic carbocycles. The molecule has 0 aromatic heterocycles. The molecule has 5 heteroatoms. The molecule has 0 amide bonds. The van der Waals surface area contributed by atoms with E-state index in [1.54, 1.807) is 25.3 Å². The largest absolute Gasteiger partial charge is 0.504 e. The first-order valence-electron chi connectivity index (χ1n) is 5.96. The Kier molecular flexibility index (Phi) is 3.96. The number of nitrogens with one attached hydrogen (secondary N) is 1. The highest BCUT2D eigenvalue weighted by molar-refractivity contribution is 5.52. The van der Waals surface area contributed by atoms with Gasteiger partial charge in [0.05, 0.1) is 13.2 Å². The molecule has 102 valence electrons. The molecule has 20 heavy (non-hydrogen) atoms. The van der Waals surface area contributed by atoms with Crippen LogP contribution in [0.5, 0.6) is 17.2 Å². The average molecular weight is 270 g/mol. The summed E-state index contributed by atoms with van der Waals surface area (Å²) in [5.41, 5.74) is 1.29. The van der Waals surface area contributed by atoms with Crippen LogP contribution in [-0.2, 0) is 0 Å². The highest BCUT2D eigenvalue weighted by atomic mass is 16.5. The molecule has 0 saturated carbocycles. The van der Waals surface area contributed by atoms with E-state index in [2.05, 4.69) is 11.4 Å². The summed E-state index contributed by atoms with van der Waals surface area (Å²) in [6.07, 6.45) is 0. The summed E-state index contributed by atoms with van der Waals surface area (Å²) in [5, 5.41) is 31.0. The lowest BCUT2D eigenvalue weighted by atomic mass is 10.1. The second-order valence-corrected chi connectivity index (χ2v) is 4.19. The van der Waals surface area contributed by atoms with E-state index in [4.69, 9.17) is 4.74 Å². The molecule has 0 spiro atoms. The minimum Gasteiger partial charge on any atom is -0.504 e. The third-order valence-electron chi connectivity index (χ3n) is 2.84. The van der Waals surface area contributed by atoms with Gasteiger partial charge in [-0.1, -0.05) is 12.1 Å². The first-order chi connectivity index (χ1) is 9.63. The third-order valence-corrected chi connectivity index (χ3v) is 2.84. The van der Waals surface area contributed by atoms with Gasteiger partial charge < -0.3 is 20.3 Å². The molecule has 0 aliphatic carbocycles. The molecule has 5 nitrogen and oxygen atoms in total. The summed E-state index contributed by atoms with van der Waals surface area (Å²) in [5.74, 6) is 0.210. The van der Waals surface area contributed by atoms with Crippen LogP contribution in [0.25, 0.3) is 0 Å². The smallest absolute Gasteiger partial charge is 0.157 e. The number of rotatable bonds is 4. The third kappa shape index (κ3) is 2.93. The lowest BCUT2D eigenvalue weighted by Crippen LogP contribution is -2.08. The Morgan fingerprint density at radius 1 is 1.15 bits per heavy atom. The Bertz CT molecular complexity index is 650. The van der Waals surface area contributed by atoms with Crippen molar-refractivity contribution in [3.8, 4) is 23.3 Å². The fourth-order valence-electron chi connectivity index (χ4n) is 1.79. The number of ether oxygens (including phenoxy) is 1. The minimum absolute atomic E-state index is 0.216. The highest BCUT2D eigenvalue weighted by Gasteiger charge is 2.12. The van der Waals surface area contributed by atoms with Gasteiger partial charge in [-0.25, -0.2) is 0 Å². The van der Waals surface area contributed by atoms with Crippen molar-refractivity contribution in [1.82, 2.24) is 0 Å². The van der Waals surface area contributed by atoms with Gasteiger partial charge in [0.1, 0.15) is 11.8 Å². The van der Waals surface area contributed by atoms with E-state index in [-0.39, 0.29) is 11.5 Å². The number of nitrogens with zero attached hydrogens (tertiary/aromatic N) is 1. The second kappa shape index (κ2) is 5.85. The zero-order valence-corrected chi connectivity index (χ0v) is 10.9. The Morgan fingerprint density at radius 2 is 1.95 bits per heavy atom. The van der Waals surface area contributed by atoms with Crippen LogP contribution in [0.4, 0.5) is 5.69 Å². The fourth-order valence-corrected chi connectivity index (χ4v) is 1.79. The maximum absolute atomic E-state index is 9.49. The number of hydrogen-bond acceptors (Lipinski definition) is 5. The number of nitriles is 1. The predicted molar refractivity (Wildman–Crippen MR) is 74.7 cm³/mol. The van der Waals surface area contributed by atoms with Crippen LogP contribution in [0.3, 0.4) is 0 Å². The lowest BCUT2D eigenvalue weighted by Gasteiger charge is -2.14. The van der Waals surface area contributed by atoms with E-state index < -0.39 is 6.04 Å². The van der Waals surface area contributed by atoms with Crippen molar-refractivity contribution in [2.75, 3.05) is 12.4 Å². The van der Waals surface area contributed by atoms with Crippen LogP contribution in [0.1, 0.15) is 11.6 Å². The number of methoxy groups -OCH3 is 1. The van der Waals surface area contributed by atoms with Gasteiger partial charge >= 0.3 is 0 Å². The van der Waals surface area contributed by atoms with Crippen molar-refractivity contribution in [3.05, 3.63) is 48.0 Å². The van der Waals surface area contributed by atoms with E-state index in [0.29, 0.717) is 11.3 Å². The molecule has 0 fully saturated rings. The van der Waals surface area contributed by atoms with Crippen molar-refractivity contribution >= 4 is 5.69 Å². The Morgan fingerprint density at radius 3 is 2.60 bits per heavy atom. The molecular formula is C15H14N2O3. The number of phenols is 2. The molecule has 0 heterocycles. The number of phenolic OH excluding ortho intramolecular Hbond substituents is 2. The van der Waals surface area contributed by atoms with Gasteiger partial charge in [-0.15, -0.1) is 0 Å². The second-order valence-electron chi connectivity index (χ2n) is 4.19. The van der Waals surface area contributed by atoms with Gasteiger partial charge in [-0.3, -0.25) is 0 Å². The molecule has 1 unspecified atom stereocenters. The summed E-state index contributed by atoms with van der Waals surface area (Å²) in [6.45, 7) is 0. The maximum Gasteiger partial charge on any atom is 0.157 e. The molecule has 0 bridgehead atoms. The minimum atomic E-state index is -0.645. The standard InChI is InChI=1S/C15H14N2O3/c1-20-12-4-2-3-11(8-12)17-13(9-16)10-5-6-14(18)15(19)7-10/h2-8,13,17-19H,1H3. The number of benzene rings is 2. The van der Waals surface area contributed by atoms with E-state index in [0.717, 1.165) is 5.69 Å². The number of hydrogen-bond donors (Lipinski definition) is 3. The van der Waals surface area contributed by atoms with E-state index >= 15 is 0 Å². The molecule has 0 aliphatic rings. The van der Waals surface area contributed by atoms with Crippen molar-refractivity contribution < 1.29 is 14.9 Å². The van der Waals surface area contributed by atoms with E-state index in [1.807, 2.05) is 12.1 Å². The van der Waals surface area contributed by atoms with Gasteiger partial charge in [-0.2, -0.15) is 5.26 Å². The molecule has 2 rings (SSSR count). The van der Waals surface area contributed by atoms with Gasteiger partial charge in [0, 0.05) is 11.8 Å². The van der Waals surface area contributed by atoms with Gasteiger partial charge in [0.15, 0.2) is 11.5 Å². The monoisotopic (exact) mass is 270 g/mol. The summed E-state index contributed by atoms with van der Waals surface area (Å²) in [6, 6.07) is 12.9. The van der Waals surface area contributed by atoms with Crippen LogP contribution in [0, 0.1) is 11.3 Å². The average Bonchev–Trinajstić information content (AvgIpc) is 2.48. The van der Waals surface area contributed by atoms with Gasteiger partial charge in [0.2, 0.25) is 0 Å². The molecule has 2 aromatic rings. The topological polar surface area (TPSA) is 85.5 Å². The molecule has 0 saturated heterocycles. The van der Waals surface area contributed by atoms with Crippen LogP contribution in [0.15, 0.2) is 42.5 Å². The Balaban J connectivity index is 2.24. The SMILES string of the molecule is COc1cccc(NC(C#N)c2ccc(O)c(O)c2)c1. The molecule has 3 N–H and O–H groups in total. The van der Waals surface area contributed by atoms with E-state index in [1.165, 1.54) is 12.1 Å².